The standard InChI is InChI=1S/C16H22F2N4O7S.2C12H27S/c1-4-28-12(23)5-7-14(2,9-19)21-22-15(3,10-20)8-6-13(24)29-11-16(17,18)30(25,26)27;2*1-4-7-10-13(11-8-5-2)12-9-6-3/h4-8,11H2,1-3H3,(H,25,26,27);2*4-12H2,1-3H3/q;2*+1/p-1. The number of nitriles is 2. The van der Waals surface area contributed by atoms with Crippen LogP contribution in [0.4, 0.5) is 8.78 Å². The van der Waals surface area contributed by atoms with Crippen molar-refractivity contribution in [3.05, 3.63) is 0 Å². The molecule has 0 spiro atoms. The van der Waals surface area contributed by atoms with E-state index in [-0.39, 0.29) is 25.9 Å². The minimum Gasteiger partial charge on any atom is -0.743 e. The summed E-state index contributed by atoms with van der Waals surface area (Å²) < 4.78 is 65.8. The van der Waals surface area contributed by atoms with Crippen molar-refractivity contribution < 1.29 is 40.8 Å². The summed E-state index contributed by atoms with van der Waals surface area (Å²) >= 11 is 0. The molecule has 0 radical (unpaired) electrons. The zero-order valence-corrected chi connectivity index (χ0v) is 38.5. The van der Waals surface area contributed by atoms with Crippen LogP contribution in [0, 0.1) is 22.7 Å². The van der Waals surface area contributed by atoms with E-state index < -0.39 is 51.4 Å². The molecule has 0 saturated carbocycles. The Hall–Kier alpha value is -2.01. The molecule has 0 rings (SSSR count). The minimum atomic E-state index is -6.00. The molecular formula is C40H75F2N4O7S3+. The third kappa shape index (κ3) is 32.0. The number of ether oxygens (including phenoxy) is 2. The molecule has 2 unspecified atom stereocenters. The van der Waals surface area contributed by atoms with Crippen molar-refractivity contribution in [1.82, 2.24) is 0 Å². The van der Waals surface area contributed by atoms with E-state index in [0.717, 1.165) is 21.8 Å². The van der Waals surface area contributed by atoms with Gasteiger partial charge in [-0.15, -0.1) is 0 Å². The van der Waals surface area contributed by atoms with Crippen molar-refractivity contribution in [2.24, 2.45) is 10.2 Å². The highest BCUT2D eigenvalue weighted by Crippen LogP contribution is 2.25. The minimum absolute atomic E-state index is 0.0475. The van der Waals surface area contributed by atoms with Gasteiger partial charge in [-0.2, -0.15) is 29.5 Å². The smallest absolute Gasteiger partial charge is 0.367 e. The number of nitrogens with zero attached hydrogens (tertiary/aromatic N) is 4. The molecule has 0 fully saturated rings. The summed E-state index contributed by atoms with van der Waals surface area (Å²) in [6.45, 7) is 16.3. The Morgan fingerprint density at radius 1 is 0.625 bits per heavy atom. The second-order valence-corrected chi connectivity index (χ2v) is 20.5. The van der Waals surface area contributed by atoms with Gasteiger partial charge in [-0.25, -0.2) is 8.42 Å². The number of alkyl halides is 2. The van der Waals surface area contributed by atoms with E-state index in [9.17, 15) is 41.9 Å². The summed E-state index contributed by atoms with van der Waals surface area (Å²) in [5.74, 6) is 7.23. The molecule has 2 atom stereocenters. The Bertz CT molecular complexity index is 1190. The summed E-state index contributed by atoms with van der Waals surface area (Å²) in [6.07, 6.45) is 15.8. The molecule has 0 bridgehead atoms. The molecule has 328 valence electrons. The average molecular weight is 858 g/mol. The number of hydrogen-bond donors (Lipinski definition) is 0. The van der Waals surface area contributed by atoms with Gasteiger partial charge < -0.3 is 14.0 Å². The Kier molecular flexibility index (Phi) is 36.4. The number of carbonyl (C=O) groups excluding carboxylic acids is 2. The fourth-order valence-corrected chi connectivity index (χ4v) is 10.0. The van der Waals surface area contributed by atoms with Crippen molar-refractivity contribution in [2.75, 3.05) is 47.7 Å². The Morgan fingerprint density at radius 3 is 1.14 bits per heavy atom. The zero-order valence-electron chi connectivity index (χ0n) is 36.1. The number of unbranched alkanes of at least 4 members (excludes halogenated alkanes) is 6. The van der Waals surface area contributed by atoms with Crippen LogP contribution in [-0.2, 0) is 51.0 Å². The summed E-state index contributed by atoms with van der Waals surface area (Å²) in [5.41, 5.74) is -3.11. The van der Waals surface area contributed by atoms with Gasteiger partial charge >= 0.3 is 17.2 Å². The van der Waals surface area contributed by atoms with Crippen molar-refractivity contribution in [3.8, 4) is 12.1 Å². The van der Waals surface area contributed by atoms with Gasteiger partial charge in [0.25, 0.3) is 0 Å². The van der Waals surface area contributed by atoms with Crippen molar-refractivity contribution in [1.29, 1.82) is 10.5 Å². The molecule has 16 heteroatoms. The highest BCUT2D eigenvalue weighted by atomic mass is 32.2. The van der Waals surface area contributed by atoms with Crippen LogP contribution in [0.15, 0.2) is 10.2 Å². The molecule has 56 heavy (non-hydrogen) atoms. The number of halogens is 2. The predicted octanol–water partition coefficient (Wildman–Crippen LogP) is 9.82. The normalized spacial score (nSPS) is 13.7. The second-order valence-electron chi connectivity index (χ2n) is 14.1. The third-order valence-electron chi connectivity index (χ3n) is 8.40. The van der Waals surface area contributed by atoms with E-state index in [1.54, 1.807) is 13.0 Å². The van der Waals surface area contributed by atoms with Crippen LogP contribution < -0.4 is 0 Å². The van der Waals surface area contributed by atoms with Gasteiger partial charge in [-0.3, -0.25) is 9.59 Å². The molecule has 0 N–H and O–H groups in total. The van der Waals surface area contributed by atoms with Crippen LogP contribution >= 0.6 is 0 Å². The first-order chi connectivity index (χ1) is 26.3. The zero-order chi connectivity index (χ0) is 43.5. The summed E-state index contributed by atoms with van der Waals surface area (Å²) in [7, 11) is -4.45. The average Bonchev–Trinajstić information content (AvgIpc) is 3.17. The van der Waals surface area contributed by atoms with Crippen LogP contribution in [0.2, 0.25) is 0 Å². The fourth-order valence-electron chi connectivity index (χ4n) is 4.41. The first-order valence-electron chi connectivity index (χ1n) is 20.5. The number of hydrogen-bond acceptors (Lipinski definition) is 11. The van der Waals surface area contributed by atoms with Crippen molar-refractivity contribution >= 4 is 43.8 Å². The largest absolute Gasteiger partial charge is 0.743 e. The SMILES string of the molecule is CCCC[S+](CCCC)CCCC.CCCC[S+](CCCC)CCCC.CCOC(=O)CCC(C)(C#N)N=NC(C)(C#N)CCC(=O)OCC(F)(F)S(=O)(=O)[O-]. The predicted molar refractivity (Wildman–Crippen MR) is 227 cm³/mol. The molecule has 0 saturated heterocycles. The van der Waals surface area contributed by atoms with Crippen LogP contribution in [0.5, 0.6) is 0 Å². The lowest BCUT2D eigenvalue weighted by Crippen LogP contribution is -2.35. The van der Waals surface area contributed by atoms with E-state index in [2.05, 4.69) is 56.5 Å². The van der Waals surface area contributed by atoms with Gasteiger partial charge in [0.15, 0.2) is 27.8 Å². The van der Waals surface area contributed by atoms with Gasteiger partial charge in [-0.1, -0.05) is 80.1 Å². The maximum Gasteiger partial charge on any atom is 0.367 e. The molecule has 0 aromatic heterocycles. The van der Waals surface area contributed by atoms with Crippen molar-refractivity contribution in [2.45, 2.75) is 181 Å². The van der Waals surface area contributed by atoms with E-state index in [4.69, 9.17) is 4.74 Å². The van der Waals surface area contributed by atoms with Crippen LogP contribution in [0.3, 0.4) is 0 Å². The molecule has 0 heterocycles. The molecule has 0 aliphatic rings. The first-order valence-corrected chi connectivity index (χ1v) is 25.4. The van der Waals surface area contributed by atoms with E-state index >= 15 is 0 Å². The Balaban J connectivity index is -0.000000887. The van der Waals surface area contributed by atoms with Gasteiger partial charge in [-0.05, 0) is 93.9 Å². The molecule has 11 nitrogen and oxygen atoms in total. The lowest BCUT2D eigenvalue weighted by Gasteiger charge is -2.20. The van der Waals surface area contributed by atoms with E-state index in [1.165, 1.54) is 125 Å². The van der Waals surface area contributed by atoms with Gasteiger partial charge in [0.05, 0.1) is 18.7 Å². The highest BCUT2D eigenvalue weighted by Gasteiger charge is 2.39. The second kappa shape index (κ2) is 35.0. The van der Waals surface area contributed by atoms with Gasteiger partial charge in [0, 0.05) is 12.8 Å². The molecule has 0 amide bonds. The lowest BCUT2D eigenvalue weighted by molar-refractivity contribution is -0.150. The lowest BCUT2D eigenvalue weighted by atomic mass is 9.97. The highest BCUT2D eigenvalue weighted by molar-refractivity contribution is 7.97. The number of esters is 2. The third-order valence-corrected chi connectivity index (χ3v) is 14.4. The van der Waals surface area contributed by atoms with Gasteiger partial charge in [0.1, 0.15) is 34.5 Å². The quantitative estimate of drug-likeness (QED) is 0.0294. The molecule has 0 aliphatic heterocycles. The summed E-state index contributed by atoms with van der Waals surface area (Å²) in [6, 6.07) is 3.60. The van der Waals surface area contributed by atoms with Crippen molar-refractivity contribution in [3.63, 3.8) is 0 Å². The van der Waals surface area contributed by atoms with E-state index in [1.807, 2.05) is 6.07 Å². The van der Waals surface area contributed by atoms with E-state index in [0.29, 0.717) is 0 Å². The monoisotopic (exact) mass is 857 g/mol. The topological polar surface area (TPSA) is 182 Å². The number of azo groups is 1. The maximum atomic E-state index is 13.0. The summed E-state index contributed by atoms with van der Waals surface area (Å²) in [4.78, 5) is 23.0. The Labute approximate surface area is 345 Å². The van der Waals surface area contributed by atoms with Crippen LogP contribution in [0.1, 0.15) is 165 Å². The Morgan fingerprint density at radius 2 is 0.911 bits per heavy atom. The molecule has 0 aromatic rings. The fraction of sp³-hybridized carbons (Fsp3) is 0.900. The summed E-state index contributed by atoms with van der Waals surface area (Å²) in [5, 5.41) is 21.3. The number of carbonyl (C=O) groups is 2. The molecule has 0 aliphatic carbocycles. The van der Waals surface area contributed by atoms with Crippen LogP contribution in [-0.4, -0.2) is 89.0 Å². The molecule has 0 aromatic carbocycles. The van der Waals surface area contributed by atoms with Gasteiger partial charge in [0.2, 0.25) is 0 Å². The maximum absolute atomic E-state index is 13.0. The van der Waals surface area contributed by atoms with Crippen LogP contribution in [0.25, 0.3) is 0 Å². The number of rotatable bonds is 30. The first kappa shape index (κ1) is 58.3. The molecular weight excluding hydrogens is 783 g/mol.